The number of halogens is 3. The minimum absolute atomic E-state index is 0.114. The zero-order chi connectivity index (χ0) is 20.9. The lowest BCUT2D eigenvalue weighted by Crippen LogP contribution is -2.28. The summed E-state index contributed by atoms with van der Waals surface area (Å²) in [7, 11) is 1.31. The second kappa shape index (κ2) is 6.69. The normalized spacial score (nSPS) is 12.4. The fraction of sp³-hybridized carbons (Fsp3) is 0.278. The number of nitrogens with zero attached hydrogens (tertiary/aromatic N) is 2. The number of anilines is 1. The molecule has 0 atom stereocenters. The van der Waals surface area contributed by atoms with Gasteiger partial charge < -0.3 is 13.5 Å². The molecule has 0 saturated carbocycles. The third-order valence-electron chi connectivity index (χ3n) is 4.15. The van der Waals surface area contributed by atoms with Crippen molar-refractivity contribution < 1.29 is 30.2 Å². The van der Waals surface area contributed by atoms with Gasteiger partial charge >= 0.3 is 15.6 Å². The van der Waals surface area contributed by atoms with E-state index in [0.29, 0.717) is 0 Å². The van der Waals surface area contributed by atoms with Gasteiger partial charge in [-0.3, -0.25) is 0 Å². The van der Waals surface area contributed by atoms with Crippen molar-refractivity contribution in [2.75, 3.05) is 33.1 Å². The Morgan fingerprint density at radius 1 is 1.07 bits per heavy atom. The van der Waals surface area contributed by atoms with Crippen molar-refractivity contribution in [3.63, 3.8) is 0 Å². The molecule has 6 nitrogen and oxygen atoms in total. The Balaban J connectivity index is 2.39. The minimum atomic E-state index is -5.85. The molecule has 150 valence electrons. The maximum atomic E-state index is 12.9. The summed E-state index contributed by atoms with van der Waals surface area (Å²) in [6.45, 7) is 0. The van der Waals surface area contributed by atoms with Crippen LogP contribution in [0.2, 0.25) is 0 Å². The van der Waals surface area contributed by atoms with Crippen molar-refractivity contribution in [1.29, 1.82) is 0 Å². The number of hydrogen-bond donors (Lipinski definition) is 0. The predicted octanol–water partition coefficient (Wildman–Crippen LogP) is 2.86. The Morgan fingerprint density at radius 3 is 2.32 bits per heavy atom. The number of rotatable bonds is 3. The predicted molar refractivity (Wildman–Crippen MR) is 99.9 cm³/mol. The van der Waals surface area contributed by atoms with Crippen LogP contribution in [0.25, 0.3) is 22.3 Å². The molecule has 1 aliphatic carbocycles. The highest BCUT2D eigenvalue weighted by molar-refractivity contribution is 7.88. The topological polar surface area (TPSA) is 62.8 Å². The van der Waals surface area contributed by atoms with E-state index in [0.717, 1.165) is 11.0 Å². The third kappa shape index (κ3) is 3.51. The highest BCUT2D eigenvalue weighted by Crippen LogP contribution is 2.42. The first-order valence-corrected chi connectivity index (χ1v) is 9.50. The molecule has 1 aliphatic heterocycles. The molecular weight excluding hydrogens is 397 g/mol. The molecule has 0 spiro atoms. The van der Waals surface area contributed by atoms with E-state index in [1.165, 1.54) is 12.1 Å². The summed E-state index contributed by atoms with van der Waals surface area (Å²) in [5, 5.41) is 0.840. The van der Waals surface area contributed by atoms with E-state index >= 15 is 0 Å². The van der Waals surface area contributed by atoms with Gasteiger partial charge in [-0.25, -0.2) is 4.58 Å². The highest BCUT2D eigenvalue weighted by Gasteiger charge is 2.49. The third-order valence-corrected chi connectivity index (χ3v) is 5.10. The molecule has 0 N–H and O–H groups in total. The molecule has 0 amide bonds. The molecule has 0 saturated heterocycles. The second-order valence-corrected chi connectivity index (χ2v) is 8.10. The first-order valence-electron chi connectivity index (χ1n) is 8.10. The zero-order valence-electron chi connectivity index (χ0n) is 15.5. The molecule has 3 rings (SSSR count). The van der Waals surface area contributed by atoms with Crippen molar-refractivity contribution in [2.45, 2.75) is 5.51 Å². The second-order valence-electron chi connectivity index (χ2n) is 6.56. The maximum absolute atomic E-state index is 12.9. The van der Waals surface area contributed by atoms with Gasteiger partial charge in [-0.1, -0.05) is 0 Å². The quantitative estimate of drug-likeness (QED) is 0.285. The van der Waals surface area contributed by atoms with E-state index in [1.54, 1.807) is 61.9 Å². The van der Waals surface area contributed by atoms with Crippen LogP contribution in [0.4, 0.5) is 18.9 Å². The lowest BCUT2D eigenvalue weighted by Gasteiger charge is -2.18. The fourth-order valence-electron chi connectivity index (χ4n) is 2.63. The van der Waals surface area contributed by atoms with Gasteiger partial charge in [0.05, 0.1) is 17.0 Å². The van der Waals surface area contributed by atoms with Gasteiger partial charge in [0.25, 0.3) is 0 Å². The van der Waals surface area contributed by atoms with Crippen molar-refractivity contribution in [3.8, 4) is 17.1 Å². The van der Waals surface area contributed by atoms with E-state index in [1.807, 2.05) is 0 Å². The average molecular weight is 415 g/mol. The molecule has 0 bridgehead atoms. The summed E-state index contributed by atoms with van der Waals surface area (Å²) in [6.07, 6.45) is 0. The van der Waals surface area contributed by atoms with E-state index in [9.17, 15) is 21.6 Å². The Labute approximate surface area is 159 Å². The summed E-state index contributed by atoms with van der Waals surface area (Å²) in [5.74, 6) is -0.230. The van der Waals surface area contributed by atoms with Gasteiger partial charge in [-0.15, -0.1) is 0 Å². The van der Waals surface area contributed by atoms with Crippen LogP contribution in [-0.4, -0.2) is 42.1 Å². The summed E-state index contributed by atoms with van der Waals surface area (Å²) in [5.41, 5.74) is -4.51. The molecular formula is C18H18F3N2O4S+. The minimum Gasteiger partial charge on any atom is -0.455 e. The van der Waals surface area contributed by atoms with Gasteiger partial charge in [-0.05, 0) is 18.2 Å². The molecule has 0 fully saturated rings. The van der Waals surface area contributed by atoms with E-state index in [-0.39, 0.29) is 22.3 Å². The smallest absolute Gasteiger partial charge is 0.455 e. The molecule has 28 heavy (non-hydrogen) atoms. The number of alkyl halides is 3. The standard InChI is InChI=1S/C18H18F3N2O4S/c1-22(2)11-5-7-13-15(9-11)26-16-10-12(23(3)4)6-8-14(16)17(13)27-28(24,25)18(19,20)21/h5-10H,1-4H3/q+1. The average Bonchev–Trinajstić information content (AvgIpc) is 2.59. The van der Waals surface area contributed by atoms with Gasteiger partial charge in [0, 0.05) is 31.9 Å². The molecule has 2 aliphatic rings. The molecule has 10 heteroatoms. The van der Waals surface area contributed by atoms with Crippen LogP contribution in [0.5, 0.6) is 5.75 Å². The SMILES string of the molecule is CN(C)c1ccc2c(OS(=O)(=O)C(F)(F)F)c3ccc(=[N+](C)C)cc-3oc2c1. The van der Waals surface area contributed by atoms with Crippen LogP contribution in [0.15, 0.2) is 40.8 Å². The van der Waals surface area contributed by atoms with E-state index in [2.05, 4.69) is 4.18 Å². The van der Waals surface area contributed by atoms with Gasteiger partial charge in [0.15, 0.2) is 5.75 Å². The van der Waals surface area contributed by atoms with Crippen molar-refractivity contribution >= 4 is 26.8 Å². The lowest BCUT2D eigenvalue weighted by atomic mass is 10.1. The number of benzene rings is 2. The molecule has 1 aromatic rings. The molecule has 1 heterocycles. The van der Waals surface area contributed by atoms with Crippen LogP contribution in [0.3, 0.4) is 0 Å². The van der Waals surface area contributed by atoms with Crippen molar-refractivity contribution in [3.05, 3.63) is 41.8 Å². The number of hydrogen-bond acceptors (Lipinski definition) is 5. The van der Waals surface area contributed by atoms with E-state index in [4.69, 9.17) is 4.42 Å². The van der Waals surface area contributed by atoms with Crippen LogP contribution < -0.4 is 19.0 Å². The van der Waals surface area contributed by atoms with Crippen molar-refractivity contribution in [1.82, 2.24) is 4.58 Å². The summed E-state index contributed by atoms with van der Waals surface area (Å²) >= 11 is 0. The first kappa shape index (κ1) is 20.0. The molecule has 0 aromatic heterocycles. The van der Waals surface area contributed by atoms with Gasteiger partial charge in [0.2, 0.25) is 5.36 Å². The largest absolute Gasteiger partial charge is 0.534 e. The Hall–Kier alpha value is -2.75. The van der Waals surface area contributed by atoms with Crippen LogP contribution >= 0.6 is 0 Å². The molecule has 0 unspecified atom stereocenters. The highest BCUT2D eigenvalue weighted by atomic mass is 32.2. The Bertz CT molecular complexity index is 1190. The van der Waals surface area contributed by atoms with Crippen LogP contribution in [-0.2, 0) is 10.1 Å². The summed E-state index contributed by atoms with van der Waals surface area (Å²) < 4.78 is 74.3. The lowest BCUT2D eigenvalue weighted by molar-refractivity contribution is -0.0499. The first-order chi connectivity index (χ1) is 12.9. The monoisotopic (exact) mass is 415 g/mol. The number of fused-ring (bicyclic) bond motifs is 2. The van der Waals surface area contributed by atoms with Crippen LogP contribution in [0.1, 0.15) is 0 Å². The van der Waals surface area contributed by atoms with E-state index < -0.39 is 21.4 Å². The molecule has 0 radical (unpaired) electrons. The fourth-order valence-corrected chi connectivity index (χ4v) is 3.13. The summed E-state index contributed by atoms with van der Waals surface area (Å²) in [6, 6.07) is 9.40. The van der Waals surface area contributed by atoms with Gasteiger partial charge in [-0.2, -0.15) is 21.6 Å². The summed E-state index contributed by atoms with van der Waals surface area (Å²) in [4.78, 5) is 1.78. The Morgan fingerprint density at radius 2 is 1.75 bits per heavy atom. The Kier molecular flexibility index (Phi) is 4.78. The van der Waals surface area contributed by atoms with Gasteiger partial charge in [0.1, 0.15) is 25.4 Å². The maximum Gasteiger partial charge on any atom is 0.534 e. The molecule has 1 aromatic carbocycles. The van der Waals surface area contributed by atoms with Crippen LogP contribution in [0, 0.1) is 0 Å². The zero-order valence-corrected chi connectivity index (χ0v) is 16.4. The van der Waals surface area contributed by atoms with Crippen molar-refractivity contribution in [2.24, 2.45) is 0 Å².